The van der Waals surface area contributed by atoms with Crippen LogP contribution in [0.3, 0.4) is 0 Å². The first-order valence-corrected chi connectivity index (χ1v) is 9.27. The highest BCUT2D eigenvalue weighted by Crippen LogP contribution is 2.32. The van der Waals surface area contributed by atoms with Crippen LogP contribution in [0.2, 0.25) is 0 Å². The van der Waals surface area contributed by atoms with Gasteiger partial charge in [0.05, 0.1) is 23.6 Å². The lowest BCUT2D eigenvalue weighted by atomic mass is 9.98. The van der Waals surface area contributed by atoms with Gasteiger partial charge in [-0.2, -0.15) is 10.2 Å². The molecular formula is C21H22FN5. The van der Waals surface area contributed by atoms with Crippen LogP contribution in [0.1, 0.15) is 31.4 Å². The van der Waals surface area contributed by atoms with Crippen molar-refractivity contribution >= 4 is 10.9 Å². The van der Waals surface area contributed by atoms with Gasteiger partial charge in [0.1, 0.15) is 11.5 Å². The number of nitrogens with one attached hydrogen (secondary N) is 1. The lowest BCUT2D eigenvalue weighted by Crippen LogP contribution is -1.95. The fourth-order valence-corrected chi connectivity index (χ4v) is 3.50. The molecule has 0 atom stereocenters. The maximum Gasteiger partial charge on any atom is 0.133 e. The van der Waals surface area contributed by atoms with Crippen LogP contribution in [0.25, 0.3) is 33.4 Å². The van der Waals surface area contributed by atoms with E-state index in [1.54, 1.807) is 18.5 Å². The quantitative estimate of drug-likeness (QED) is 0.548. The van der Waals surface area contributed by atoms with Gasteiger partial charge in [0.25, 0.3) is 0 Å². The second-order valence-corrected chi connectivity index (χ2v) is 6.79. The van der Waals surface area contributed by atoms with E-state index in [0.29, 0.717) is 11.3 Å². The Hall–Kier alpha value is -3.02. The molecule has 0 amide bonds. The molecule has 138 valence electrons. The minimum absolute atomic E-state index is 0.228. The van der Waals surface area contributed by atoms with Gasteiger partial charge in [0.2, 0.25) is 0 Å². The molecule has 0 unspecified atom stereocenters. The molecule has 5 nitrogen and oxygen atoms in total. The Morgan fingerprint density at radius 2 is 2.00 bits per heavy atom. The Bertz CT molecular complexity index is 1090. The molecule has 0 aliphatic heterocycles. The number of hydrogen-bond acceptors (Lipinski definition) is 3. The third kappa shape index (κ3) is 3.12. The van der Waals surface area contributed by atoms with Gasteiger partial charge in [0, 0.05) is 29.3 Å². The van der Waals surface area contributed by atoms with Gasteiger partial charge in [-0.05, 0) is 43.5 Å². The van der Waals surface area contributed by atoms with E-state index in [1.165, 1.54) is 0 Å². The molecule has 0 spiro atoms. The smallest absolute Gasteiger partial charge is 0.133 e. The summed E-state index contributed by atoms with van der Waals surface area (Å²) in [5.74, 6) is -0.228. The Morgan fingerprint density at radius 3 is 2.70 bits per heavy atom. The number of rotatable bonds is 5. The molecule has 1 aromatic carbocycles. The Kier molecular flexibility index (Phi) is 4.48. The van der Waals surface area contributed by atoms with Crippen molar-refractivity contribution in [3.63, 3.8) is 0 Å². The van der Waals surface area contributed by atoms with E-state index in [2.05, 4.69) is 33.3 Å². The largest absolute Gasteiger partial charge is 0.276 e. The van der Waals surface area contributed by atoms with Crippen molar-refractivity contribution in [2.45, 2.75) is 40.2 Å². The summed E-state index contributed by atoms with van der Waals surface area (Å²) in [7, 11) is 0. The first-order chi connectivity index (χ1) is 13.1. The topological polar surface area (TPSA) is 59.4 Å². The summed E-state index contributed by atoms with van der Waals surface area (Å²) >= 11 is 0. The fourth-order valence-electron chi connectivity index (χ4n) is 3.50. The van der Waals surface area contributed by atoms with Gasteiger partial charge in [-0.25, -0.2) is 4.39 Å². The molecule has 3 aromatic heterocycles. The monoisotopic (exact) mass is 363 g/mol. The number of H-pyrrole nitrogens is 1. The molecular weight excluding hydrogens is 341 g/mol. The van der Waals surface area contributed by atoms with E-state index in [4.69, 9.17) is 0 Å². The lowest BCUT2D eigenvalue weighted by Gasteiger charge is -2.10. The Morgan fingerprint density at radius 1 is 1.15 bits per heavy atom. The summed E-state index contributed by atoms with van der Waals surface area (Å²) in [6, 6.07) is 5.58. The maximum atomic E-state index is 14.8. The van der Waals surface area contributed by atoms with E-state index in [-0.39, 0.29) is 5.82 Å². The minimum Gasteiger partial charge on any atom is -0.276 e. The van der Waals surface area contributed by atoms with Gasteiger partial charge < -0.3 is 0 Å². The van der Waals surface area contributed by atoms with Crippen LogP contribution in [0.4, 0.5) is 4.39 Å². The predicted molar refractivity (Wildman–Crippen MR) is 105 cm³/mol. The number of aromatic nitrogens is 5. The van der Waals surface area contributed by atoms with Crippen molar-refractivity contribution < 1.29 is 4.39 Å². The van der Waals surface area contributed by atoms with Crippen LogP contribution in [0.5, 0.6) is 0 Å². The zero-order valence-electron chi connectivity index (χ0n) is 15.8. The van der Waals surface area contributed by atoms with Crippen molar-refractivity contribution in [2.75, 3.05) is 0 Å². The molecule has 0 fully saturated rings. The average Bonchev–Trinajstić information content (AvgIpc) is 3.27. The van der Waals surface area contributed by atoms with E-state index in [0.717, 1.165) is 52.7 Å². The summed E-state index contributed by atoms with van der Waals surface area (Å²) in [5.41, 5.74) is 5.63. The van der Waals surface area contributed by atoms with E-state index < -0.39 is 0 Å². The van der Waals surface area contributed by atoms with Crippen LogP contribution < -0.4 is 0 Å². The average molecular weight is 363 g/mol. The van der Waals surface area contributed by atoms with Gasteiger partial charge in [0.15, 0.2) is 0 Å². The lowest BCUT2D eigenvalue weighted by molar-refractivity contribution is 0.626. The summed E-state index contributed by atoms with van der Waals surface area (Å²) in [5, 5.41) is 12.7. The first-order valence-electron chi connectivity index (χ1n) is 9.27. The normalized spacial score (nSPS) is 11.4. The number of aromatic amines is 1. The van der Waals surface area contributed by atoms with Gasteiger partial charge >= 0.3 is 0 Å². The molecule has 0 aliphatic carbocycles. The van der Waals surface area contributed by atoms with E-state index in [1.807, 2.05) is 30.8 Å². The first kappa shape index (κ1) is 17.4. The van der Waals surface area contributed by atoms with Crippen LogP contribution >= 0.6 is 0 Å². The molecule has 0 radical (unpaired) electrons. The Labute approximate surface area is 157 Å². The molecule has 1 N–H and O–H groups in total. The molecule has 0 saturated heterocycles. The molecule has 6 heteroatoms. The molecule has 4 aromatic rings. The highest BCUT2D eigenvalue weighted by Gasteiger charge is 2.16. The highest BCUT2D eigenvalue weighted by molar-refractivity contribution is 5.94. The zero-order valence-corrected chi connectivity index (χ0v) is 15.8. The van der Waals surface area contributed by atoms with Crippen LogP contribution in [-0.4, -0.2) is 25.0 Å². The standard InChI is InChI=1S/C21H22FN5/c1-4-6-14-7-13(3)20(17(22)8-14)18-9-16-19(11-23-18)25-26-21(16)15-10-24-27(5-2)12-15/h7-12H,4-6H2,1-3H3,(H,25,26). The number of benzene rings is 1. The van der Waals surface area contributed by atoms with Gasteiger partial charge in [-0.3, -0.25) is 14.8 Å². The SMILES string of the molecule is CCCc1cc(C)c(-c2cc3c(-c4cnn(CC)c4)n[nH]c3cn2)c(F)c1. The van der Waals surface area contributed by atoms with E-state index in [9.17, 15) is 4.39 Å². The molecule has 0 aliphatic rings. The highest BCUT2D eigenvalue weighted by atomic mass is 19.1. The number of hydrogen-bond donors (Lipinski definition) is 1. The molecule has 27 heavy (non-hydrogen) atoms. The summed E-state index contributed by atoms with van der Waals surface area (Å²) in [6.45, 7) is 6.86. The molecule has 0 bridgehead atoms. The van der Waals surface area contributed by atoms with Crippen LogP contribution in [0, 0.1) is 12.7 Å². The summed E-state index contributed by atoms with van der Waals surface area (Å²) < 4.78 is 16.7. The second-order valence-electron chi connectivity index (χ2n) is 6.79. The minimum atomic E-state index is -0.228. The molecule has 3 heterocycles. The van der Waals surface area contributed by atoms with Crippen molar-refractivity contribution in [3.8, 4) is 22.5 Å². The third-order valence-corrected chi connectivity index (χ3v) is 4.82. The third-order valence-electron chi connectivity index (χ3n) is 4.82. The molecule has 0 saturated carbocycles. The van der Waals surface area contributed by atoms with Crippen molar-refractivity contribution in [1.82, 2.24) is 25.0 Å². The number of pyridine rings is 1. The number of halogens is 1. The number of fused-ring (bicyclic) bond motifs is 1. The fraction of sp³-hybridized carbons (Fsp3) is 0.286. The van der Waals surface area contributed by atoms with E-state index >= 15 is 0 Å². The van der Waals surface area contributed by atoms with Crippen LogP contribution in [0.15, 0.2) is 36.8 Å². The number of nitrogens with zero attached hydrogens (tertiary/aromatic N) is 4. The summed E-state index contributed by atoms with van der Waals surface area (Å²) in [4.78, 5) is 4.47. The van der Waals surface area contributed by atoms with Crippen molar-refractivity contribution in [2.24, 2.45) is 0 Å². The zero-order chi connectivity index (χ0) is 19.0. The van der Waals surface area contributed by atoms with Gasteiger partial charge in [-0.1, -0.05) is 19.4 Å². The number of aryl methyl sites for hydroxylation is 3. The molecule has 4 rings (SSSR count). The maximum absolute atomic E-state index is 14.8. The Balaban J connectivity index is 1.83. The van der Waals surface area contributed by atoms with Crippen molar-refractivity contribution in [1.29, 1.82) is 0 Å². The summed E-state index contributed by atoms with van der Waals surface area (Å²) in [6.07, 6.45) is 7.33. The van der Waals surface area contributed by atoms with Crippen LogP contribution in [-0.2, 0) is 13.0 Å². The predicted octanol–water partition coefficient (Wildman–Crippen LogP) is 4.91. The van der Waals surface area contributed by atoms with Gasteiger partial charge in [-0.15, -0.1) is 0 Å². The van der Waals surface area contributed by atoms with Crippen molar-refractivity contribution in [3.05, 3.63) is 53.7 Å². The second kappa shape index (κ2) is 6.95.